The zero-order valence-electron chi connectivity index (χ0n) is 10.3. The van der Waals surface area contributed by atoms with E-state index >= 15 is 0 Å². The van der Waals surface area contributed by atoms with Crippen LogP contribution >= 0.6 is 11.6 Å². The largest absolute Gasteiger partial charge is 0.454 e. The summed E-state index contributed by atoms with van der Waals surface area (Å²) in [6.45, 7) is 1.95. The van der Waals surface area contributed by atoms with E-state index in [-0.39, 0.29) is 0 Å². The summed E-state index contributed by atoms with van der Waals surface area (Å²) in [7, 11) is 0. The predicted molar refractivity (Wildman–Crippen MR) is 75.9 cm³/mol. The molecule has 3 aromatic rings. The van der Waals surface area contributed by atoms with Crippen molar-refractivity contribution in [3.63, 3.8) is 0 Å². The molecule has 0 bridgehead atoms. The Bertz CT molecular complexity index is 752. The Labute approximate surface area is 115 Å². The van der Waals surface area contributed by atoms with Crippen LogP contribution in [0.3, 0.4) is 0 Å². The third-order valence-electron chi connectivity index (χ3n) is 2.74. The van der Waals surface area contributed by atoms with Crippen LogP contribution < -0.4 is 10.5 Å². The molecular formula is C14H12ClN3O. The van der Waals surface area contributed by atoms with Crippen molar-refractivity contribution in [2.24, 2.45) is 0 Å². The Morgan fingerprint density at radius 3 is 2.84 bits per heavy atom. The first-order chi connectivity index (χ1) is 9.11. The third kappa shape index (κ3) is 2.35. The van der Waals surface area contributed by atoms with Gasteiger partial charge in [0.15, 0.2) is 0 Å². The quantitative estimate of drug-likeness (QED) is 0.725. The van der Waals surface area contributed by atoms with Crippen molar-refractivity contribution >= 4 is 22.8 Å². The van der Waals surface area contributed by atoms with E-state index in [2.05, 4.69) is 5.10 Å². The van der Waals surface area contributed by atoms with E-state index in [1.165, 1.54) is 0 Å². The fraction of sp³-hybridized carbons (Fsp3) is 0.0714. The van der Waals surface area contributed by atoms with E-state index in [0.717, 1.165) is 11.2 Å². The number of hydrogen-bond acceptors (Lipinski definition) is 3. The lowest BCUT2D eigenvalue weighted by Gasteiger charge is -2.08. The molecule has 0 unspecified atom stereocenters. The lowest BCUT2D eigenvalue weighted by molar-refractivity contribution is 0.479. The van der Waals surface area contributed by atoms with Gasteiger partial charge in [-0.2, -0.15) is 5.10 Å². The summed E-state index contributed by atoms with van der Waals surface area (Å²) < 4.78 is 7.51. The van der Waals surface area contributed by atoms with Crippen LogP contribution in [0, 0.1) is 6.92 Å². The van der Waals surface area contributed by atoms with Crippen LogP contribution in [0.4, 0.5) is 5.69 Å². The van der Waals surface area contributed by atoms with E-state index in [0.29, 0.717) is 22.2 Å². The maximum Gasteiger partial charge on any atom is 0.146 e. The lowest BCUT2D eigenvalue weighted by atomic mass is 10.3. The van der Waals surface area contributed by atoms with Gasteiger partial charge in [0.05, 0.1) is 22.4 Å². The van der Waals surface area contributed by atoms with E-state index in [4.69, 9.17) is 22.1 Å². The topological polar surface area (TPSA) is 52.5 Å². The number of aromatic nitrogens is 2. The average Bonchev–Trinajstić information content (AvgIpc) is 2.72. The summed E-state index contributed by atoms with van der Waals surface area (Å²) in [5, 5.41) is 4.82. The molecule has 0 spiro atoms. The number of ether oxygens (including phenoxy) is 1. The number of fused-ring (bicyclic) bond motifs is 1. The Morgan fingerprint density at radius 1 is 1.21 bits per heavy atom. The zero-order chi connectivity index (χ0) is 13.4. The summed E-state index contributed by atoms with van der Waals surface area (Å²) in [6.07, 6.45) is 1.81. The fourth-order valence-corrected chi connectivity index (χ4v) is 2.11. The van der Waals surface area contributed by atoms with Crippen LogP contribution in [0.5, 0.6) is 11.5 Å². The van der Waals surface area contributed by atoms with Gasteiger partial charge < -0.3 is 10.5 Å². The van der Waals surface area contributed by atoms with Crippen LogP contribution in [0.1, 0.15) is 5.69 Å². The van der Waals surface area contributed by atoms with Crippen LogP contribution in [-0.4, -0.2) is 9.61 Å². The number of anilines is 1. The molecule has 0 atom stereocenters. The maximum atomic E-state index is 6.07. The van der Waals surface area contributed by atoms with Gasteiger partial charge in [-0.05, 0) is 43.3 Å². The van der Waals surface area contributed by atoms with Gasteiger partial charge in [-0.25, -0.2) is 4.52 Å². The summed E-state index contributed by atoms with van der Waals surface area (Å²) >= 11 is 6.07. The second kappa shape index (κ2) is 4.48. The molecule has 4 nitrogen and oxygen atoms in total. The highest BCUT2D eigenvalue weighted by Crippen LogP contribution is 2.30. The average molecular weight is 274 g/mol. The molecule has 2 aromatic heterocycles. The molecule has 96 valence electrons. The molecule has 0 aliphatic heterocycles. The molecule has 0 saturated carbocycles. The Kier molecular flexibility index (Phi) is 2.80. The SMILES string of the molecule is Cc1cc2ccc(Oc3ccc(N)cc3Cl)cn2n1. The highest BCUT2D eigenvalue weighted by Gasteiger charge is 2.05. The standard InChI is InChI=1S/C14H12ClN3O/c1-9-6-11-3-4-12(8-18(11)17-9)19-14-5-2-10(16)7-13(14)15/h2-8H,16H2,1H3. The maximum absolute atomic E-state index is 6.07. The van der Waals surface area contributed by atoms with Crippen LogP contribution in [-0.2, 0) is 0 Å². The monoisotopic (exact) mass is 273 g/mol. The highest BCUT2D eigenvalue weighted by molar-refractivity contribution is 6.32. The van der Waals surface area contributed by atoms with Crippen molar-refractivity contribution in [3.8, 4) is 11.5 Å². The summed E-state index contributed by atoms with van der Waals surface area (Å²) in [5.41, 5.74) is 8.23. The summed E-state index contributed by atoms with van der Waals surface area (Å²) in [6, 6.07) is 11.0. The molecule has 2 heterocycles. The van der Waals surface area contributed by atoms with Crippen LogP contribution in [0.2, 0.25) is 5.02 Å². The van der Waals surface area contributed by atoms with Gasteiger partial charge in [-0.3, -0.25) is 0 Å². The number of aryl methyl sites for hydroxylation is 1. The molecule has 0 radical (unpaired) electrons. The van der Waals surface area contributed by atoms with Crippen molar-refractivity contribution in [3.05, 3.63) is 53.3 Å². The predicted octanol–water partition coefficient (Wildman–Crippen LogP) is 3.67. The summed E-state index contributed by atoms with van der Waals surface area (Å²) in [4.78, 5) is 0. The molecule has 2 N–H and O–H groups in total. The summed E-state index contributed by atoms with van der Waals surface area (Å²) in [5.74, 6) is 1.24. The minimum atomic E-state index is 0.483. The molecule has 0 saturated heterocycles. The van der Waals surface area contributed by atoms with Crippen molar-refractivity contribution in [2.45, 2.75) is 6.92 Å². The first-order valence-corrected chi connectivity index (χ1v) is 6.18. The molecule has 0 fully saturated rings. The zero-order valence-corrected chi connectivity index (χ0v) is 11.1. The minimum absolute atomic E-state index is 0.483. The van der Waals surface area contributed by atoms with Crippen molar-refractivity contribution in [1.29, 1.82) is 0 Å². The first kappa shape index (κ1) is 11.9. The number of halogens is 1. The molecule has 3 rings (SSSR count). The van der Waals surface area contributed by atoms with E-state index < -0.39 is 0 Å². The highest BCUT2D eigenvalue weighted by atomic mass is 35.5. The normalized spacial score (nSPS) is 10.8. The Balaban J connectivity index is 1.96. The van der Waals surface area contributed by atoms with Gasteiger partial charge in [0, 0.05) is 5.69 Å². The number of nitrogen functional groups attached to an aromatic ring is 1. The van der Waals surface area contributed by atoms with E-state index in [1.54, 1.807) is 22.7 Å². The molecule has 0 aliphatic rings. The number of nitrogens with zero attached hydrogens (tertiary/aromatic N) is 2. The molecule has 0 aliphatic carbocycles. The molecule has 1 aromatic carbocycles. The van der Waals surface area contributed by atoms with Gasteiger partial charge >= 0.3 is 0 Å². The third-order valence-corrected chi connectivity index (χ3v) is 3.03. The van der Waals surface area contributed by atoms with Crippen molar-refractivity contribution < 1.29 is 4.74 Å². The first-order valence-electron chi connectivity index (χ1n) is 5.81. The van der Waals surface area contributed by atoms with Crippen molar-refractivity contribution in [1.82, 2.24) is 9.61 Å². The van der Waals surface area contributed by atoms with Gasteiger partial charge in [-0.15, -0.1) is 0 Å². The molecule has 0 amide bonds. The minimum Gasteiger partial charge on any atom is -0.454 e. The molecular weight excluding hydrogens is 262 g/mol. The van der Waals surface area contributed by atoms with Crippen LogP contribution in [0.25, 0.3) is 5.52 Å². The number of pyridine rings is 1. The van der Waals surface area contributed by atoms with Crippen molar-refractivity contribution in [2.75, 3.05) is 5.73 Å². The number of hydrogen-bond donors (Lipinski definition) is 1. The van der Waals surface area contributed by atoms with Gasteiger partial charge in [0.25, 0.3) is 0 Å². The Morgan fingerprint density at radius 2 is 2.05 bits per heavy atom. The van der Waals surface area contributed by atoms with Gasteiger partial charge in [-0.1, -0.05) is 11.6 Å². The molecule has 5 heteroatoms. The van der Waals surface area contributed by atoms with E-state index in [9.17, 15) is 0 Å². The second-order valence-electron chi connectivity index (χ2n) is 4.31. The van der Waals surface area contributed by atoms with Gasteiger partial charge in [0.2, 0.25) is 0 Å². The number of benzene rings is 1. The Hall–Kier alpha value is -2.20. The van der Waals surface area contributed by atoms with Crippen LogP contribution in [0.15, 0.2) is 42.6 Å². The lowest BCUT2D eigenvalue weighted by Crippen LogP contribution is -1.92. The smallest absolute Gasteiger partial charge is 0.146 e. The van der Waals surface area contributed by atoms with Gasteiger partial charge in [0.1, 0.15) is 11.5 Å². The number of rotatable bonds is 2. The molecule has 19 heavy (non-hydrogen) atoms. The number of nitrogens with two attached hydrogens (primary N) is 1. The van der Waals surface area contributed by atoms with E-state index in [1.807, 2.05) is 31.3 Å². The fourth-order valence-electron chi connectivity index (χ4n) is 1.88. The second-order valence-corrected chi connectivity index (χ2v) is 4.72.